The third-order valence-electron chi connectivity index (χ3n) is 8.34. The number of carbonyl (C=O) groups excluding carboxylic acids is 2. The van der Waals surface area contributed by atoms with E-state index in [4.69, 9.17) is 0 Å². The molecule has 6 nitrogen and oxygen atoms in total. The minimum Gasteiger partial charge on any atom is -0.508 e. The molecule has 3 aromatic rings. The molecule has 2 aliphatic rings. The van der Waals surface area contributed by atoms with Crippen molar-refractivity contribution in [3.05, 3.63) is 99.3 Å². The molecule has 0 bridgehead atoms. The average molecular weight is 572 g/mol. The predicted octanol–water partition coefficient (Wildman–Crippen LogP) is 6.05. The molecular formula is C34H37NO5S. The SMILES string of the molecule is CCCC1=C([C@H](O)CC/C(=C/c2ccc(O)cc2)c2ccccc2)[C@H](CO)[C@@H]2C(=O)N(Cc3cccs3)C(=O)[C@@H]2C1. The van der Waals surface area contributed by atoms with Crippen LogP contribution >= 0.6 is 11.3 Å². The molecule has 1 aliphatic heterocycles. The smallest absolute Gasteiger partial charge is 0.234 e. The number of fused-ring (bicyclic) bond motifs is 1. The number of likely N-dealkylation sites (tertiary alicyclic amines) is 1. The lowest BCUT2D eigenvalue weighted by Gasteiger charge is -2.36. The number of hydrogen-bond donors (Lipinski definition) is 3. The van der Waals surface area contributed by atoms with E-state index in [1.165, 1.54) is 16.2 Å². The minimum atomic E-state index is -0.851. The number of rotatable bonds is 11. The molecule has 0 unspecified atom stereocenters. The van der Waals surface area contributed by atoms with Gasteiger partial charge in [-0.25, -0.2) is 0 Å². The molecule has 3 N–H and O–H groups in total. The van der Waals surface area contributed by atoms with Gasteiger partial charge in [-0.2, -0.15) is 0 Å². The van der Waals surface area contributed by atoms with E-state index in [1.807, 2.05) is 60.0 Å². The number of aliphatic hydroxyl groups is 2. The number of aliphatic hydroxyl groups excluding tert-OH is 2. The third kappa shape index (κ3) is 6.22. The Bertz CT molecular complexity index is 1410. The molecular weight excluding hydrogens is 534 g/mol. The highest BCUT2D eigenvalue weighted by atomic mass is 32.1. The first kappa shape index (κ1) is 29.0. The van der Waals surface area contributed by atoms with Gasteiger partial charge < -0.3 is 15.3 Å². The van der Waals surface area contributed by atoms with Gasteiger partial charge in [0.1, 0.15) is 5.75 Å². The standard InChI is InChI=1S/C34H37NO5S/c1-2-7-25-19-28-32(34(40)35(33(28)39)20-27-10-6-17-41-27)29(21-36)31(25)30(38)16-13-24(23-8-4-3-5-9-23)18-22-11-14-26(37)15-12-22/h3-6,8-12,14-15,17-18,28-30,32,36-38H,2,7,13,16,19-21H2,1H3/b24-18-/t28-,29+,30-,32-/m1/s1. The van der Waals surface area contributed by atoms with Gasteiger partial charge in [0.15, 0.2) is 0 Å². The third-order valence-corrected chi connectivity index (χ3v) is 9.20. The first-order chi connectivity index (χ1) is 19.9. The lowest BCUT2D eigenvalue weighted by Crippen LogP contribution is -2.39. The number of thiophene rings is 1. The Hall–Kier alpha value is -3.52. The zero-order chi connectivity index (χ0) is 28.9. The van der Waals surface area contributed by atoms with Crippen LogP contribution in [0.2, 0.25) is 0 Å². The fourth-order valence-electron chi connectivity index (χ4n) is 6.45. The number of benzene rings is 2. The summed E-state index contributed by atoms with van der Waals surface area (Å²) in [5.74, 6) is -1.95. The van der Waals surface area contributed by atoms with Crippen LogP contribution in [0.1, 0.15) is 55.0 Å². The summed E-state index contributed by atoms with van der Waals surface area (Å²) in [5.41, 5.74) is 4.77. The molecule has 1 aliphatic carbocycles. The van der Waals surface area contributed by atoms with E-state index >= 15 is 0 Å². The van der Waals surface area contributed by atoms with Crippen LogP contribution in [-0.4, -0.2) is 44.7 Å². The molecule has 1 saturated heterocycles. The molecule has 0 radical (unpaired) electrons. The Kier molecular flexibility index (Phi) is 9.18. The number of allylic oxidation sites excluding steroid dienone is 2. The highest BCUT2D eigenvalue weighted by Gasteiger charge is 2.54. The zero-order valence-electron chi connectivity index (χ0n) is 23.3. The van der Waals surface area contributed by atoms with Crippen molar-refractivity contribution in [1.82, 2.24) is 4.90 Å². The second kappa shape index (κ2) is 13.0. The van der Waals surface area contributed by atoms with Crippen LogP contribution in [0.25, 0.3) is 11.6 Å². The van der Waals surface area contributed by atoms with Crippen LogP contribution in [0.3, 0.4) is 0 Å². The van der Waals surface area contributed by atoms with Crippen molar-refractivity contribution in [2.24, 2.45) is 17.8 Å². The molecule has 0 spiro atoms. The van der Waals surface area contributed by atoms with Gasteiger partial charge in [0.2, 0.25) is 11.8 Å². The highest BCUT2D eigenvalue weighted by Crippen LogP contribution is 2.47. The van der Waals surface area contributed by atoms with Gasteiger partial charge in [-0.15, -0.1) is 11.3 Å². The summed E-state index contributed by atoms with van der Waals surface area (Å²) in [6.07, 6.45) is 4.20. The van der Waals surface area contributed by atoms with Crippen LogP contribution in [0, 0.1) is 17.8 Å². The Labute approximate surface area is 245 Å². The Morgan fingerprint density at radius 2 is 1.80 bits per heavy atom. The van der Waals surface area contributed by atoms with Crippen LogP contribution < -0.4 is 0 Å². The molecule has 0 saturated carbocycles. The monoisotopic (exact) mass is 571 g/mol. The molecule has 2 heterocycles. The molecule has 5 rings (SSSR count). The quantitative estimate of drug-likeness (QED) is 0.148. The first-order valence-corrected chi connectivity index (χ1v) is 15.2. The van der Waals surface area contributed by atoms with Crippen molar-refractivity contribution in [2.75, 3.05) is 6.61 Å². The summed E-state index contributed by atoms with van der Waals surface area (Å²) in [6, 6.07) is 20.8. The van der Waals surface area contributed by atoms with Crippen LogP contribution in [0.5, 0.6) is 5.75 Å². The van der Waals surface area contributed by atoms with Gasteiger partial charge in [-0.1, -0.05) is 73.5 Å². The Morgan fingerprint density at radius 3 is 2.46 bits per heavy atom. The molecule has 2 aromatic carbocycles. The summed E-state index contributed by atoms with van der Waals surface area (Å²) >= 11 is 1.51. The second-order valence-corrected chi connectivity index (χ2v) is 12.0. The molecule has 1 aromatic heterocycles. The average Bonchev–Trinajstić information content (AvgIpc) is 3.59. The Balaban J connectivity index is 1.41. The number of carbonyl (C=O) groups is 2. The first-order valence-electron chi connectivity index (χ1n) is 14.3. The summed E-state index contributed by atoms with van der Waals surface area (Å²) in [5, 5.41) is 33.9. The number of nitrogens with zero attached hydrogens (tertiary/aromatic N) is 1. The normalized spacial score (nSPS) is 21.9. The van der Waals surface area contributed by atoms with E-state index in [2.05, 4.69) is 13.0 Å². The number of imide groups is 1. The summed E-state index contributed by atoms with van der Waals surface area (Å²) in [6.45, 7) is 2.03. The van der Waals surface area contributed by atoms with Gasteiger partial charge >= 0.3 is 0 Å². The molecule has 2 amide bonds. The number of phenols is 1. The van der Waals surface area contributed by atoms with E-state index in [0.717, 1.165) is 39.1 Å². The van der Waals surface area contributed by atoms with Gasteiger partial charge in [-0.3, -0.25) is 14.5 Å². The maximum atomic E-state index is 13.6. The van der Waals surface area contributed by atoms with Crippen LogP contribution in [0.15, 0.2) is 83.3 Å². The summed E-state index contributed by atoms with van der Waals surface area (Å²) < 4.78 is 0. The topological polar surface area (TPSA) is 98.1 Å². The molecule has 41 heavy (non-hydrogen) atoms. The van der Waals surface area contributed by atoms with Crippen molar-refractivity contribution in [1.29, 1.82) is 0 Å². The van der Waals surface area contributed by atoms with Crippen molar-refractivity contribution >= 4 is 34.8 Å². The van der Waals surface area contributed by atoms with E-state index in [0.29, 0.717) is 25.7 Å². The van der Waals surface area contributed by atoms with Crippen molar-refractivity contribution < 1.29 is 24.9 Å². The summed E-state index contributed by atoms with van der Waals surface area (Å²) in [4.78, 5) is 29.4. The van der Waals surface area contributed by atoms with Gasteiger partial charge in [0, 0.05) is 10.8 Å². The van der Waals surface area contributed by atoms with Gasteiger partial charge in [-0.05, 0) is 71.5 Å². The lowest BCUT2D eigenvalue weighted by atomic mass is 9.67. The fourth-order valence-corrected chi connectivity index (χ4v) is 7.14. The van der Waals surface area contributed by atoms with Crippen LogP contribution in [-0.2, 0) is 16.1 Å². The number of aromatic hydroxyl groups is 1. The predicted molar refractivity (Wildman–Crippen MR) is 162 cm³/mol. The lowest BCUT2D eigenvalue weighted by molar-refractivity contribution is -0.140. The maximum absolute atomic E-state index is 13.6. The number of phenolic OH excluding ortho intramolecular Hbond substituents is 1. The zero-order valence-corrected chi connectivity index (χ0v) is 24.1. The maximum Gasteiger partial charge on any atom is 0.234 e. The molecule has 214 valence electrons. The van der Waals surface area contributed by atoms with Gasteiger partial charge in [0.25, 0.3) is 0 Å². The van der Waals surface area contributed by atoms with Crippen molar-refractivity contribution in [3.63, 3.8) is 0 Å². The fraction of sp³-hybridized carbons (Fsp3) is 0.353. The van der Waals surface area contributed by atoms with E-state index in [1.54, 1.807) is 12.1 Å². The van der Waals surface area contributed by atoms with E-state index in [9.17, 15) is 24.9 Å². The highest BCUT2D eigenvalue weighted by molar-refractivity contribution is 7.09. The molecule has 1 fully saturated rings. The Morgan fingerprint density at radius 1 is 1.05 bits per heavy atom. The van der Waals surface area contributed by atoms with Crippen molar-refractivity contribution in [3.8, 4) is 5.75 Å². The van der Waals surface area contributed by atoms with E-state index in [-0.39, 0.29) is 30.7 Å². The molecule has 4 atom stereocenters. The second-order valence-electron chi connectivity index (χ2n) is 11.0. The van der Waals surface area contributed by atoms with Crippen LogP contribution in [0.4, 0.5) is 0 Å². The summed E-state index contributed by atoms with van der Waals surface area (Å²) in [7, 11) is 0. The minimum absolute atomic E-state index is 0.169. The number of amides is 2. The van der Waals surface area contributed by atoms with Crippen molar-refractivity contribution in [2.45, 2.75) is 51.7 Å². The number of hydrogen-bond acceptors (Lipinski definition) is 6. The molecule has 7 heteroatoms. The largest absolute Gasteiger partial charge is 0.508 e. The van der Waals surface area contributed by atoms with Gasteiger partial charge in [0.05, 0.1) is 31.1 Å². The van der Waals surface area contributed by atoms with E-state index < -0.39 is 23.9 Å².